The van der Waals surface area contributed by atoms with Crippen molar-refractivity contribution in [2.24, 2.45) is 10.7 Å². The van der Waals surface area contributed by atoms with Crippen LogP contribution in [-0.4, -0.2) is 68.5 Å². The molecule has 0 aromatic heterocycles. The molecule has 3 rings (SSSR count). The lowest BCUT2D eigenvalue weighted by atomic mass is 10.2. The first-order valence-corrected chi connectivity index (χ1v) is 7.82. The van der Waals surface area contributed by atoms with Gasteiger partial charge >= 0.3 is 0 Å². The molecule has 114 valence electrons. The smallest absolute Gasteiger partial charge is 0.188 e. The van der Waals surface area contributed by atoms with E-state index in [0.717, 1.165) is 51.7 Å². The Balaban J connectivity index is 1.36. The minimum Gasteiger partial charge on any atom is -0.376 e. The third kappa shape index (κ3) is 4.07. The van der Waals surface area contributed by atoms with Gasteiger partial charge in [-0.1, -0.05) is 0 Å². The molecule has 6 nitrogen and oxygen atoms in total. The van der Waals surface area contributed by atoms with Gasteiger partial charge in [0.25, 0.3) is 0 Å². The summed E-state index contributed by atoms with van der Waals surface area (Å²) in [5.74, 6) is 0.507. The average Bonchev–Trinajstić information content (AvgIpc) is 3.20. The lowest BCUT2D eigenvalue weighted by molar-refractivity contribution is -0.0259. The molecule has 3 fully saturated rings. The number of hydrogen-bond acceptors (Lipinski definition) is 4. The normalized spacial score (nSPS) is 32.5. The highest BCUT2D eigenvalue weighted by molar-refractivity contribution is 5.77. The Morgan fingerprint density at radius 2 is 2.05 bits per heavy atom. The van der Waals surface area contributed by atoms with Gasteiger partial charge < -0.3 is 20.5 Å². The molecular formula is C14H26N4O2. The highest BCUT2D eigenvalue weighted by atomic mass is 16.5. The van der Waals surface area contributed by atoms with Crippen LogP contribution in [0.4, 0.5) is 0 Å². The van der Waals surface area contributed by atoms with Crippen molar-refractivity contribution in [1.82, 2.24) is 10.2 Å². The number of rotatable bonds is 5. The zero-order chi connectivity index (χ0) is 13.8. The maximum Gasteiger partial charge on any atom is 0.188 e. The van der Waals surface area contributed by atoms with Gasteiger partial charge in [0.15, 0.2) is 5.96 Å². The van der Waals surface area contributed by atoms with Gasteiger partial charge in [0.1, 0.15) is 0 Å². The first-order valence-electron chi connectivity index (χ1n) is 7.82. The van der Waals surface area contributed by atoms with E-state index < -0.39 is 0 Å². The van der Waals surface area contributed by atoms with Gasteiger partial charge in [-0.25, -0.2) is 0 Å². The van der Waals surface area contributed by atoms with Crippen LogP contribution in [0.2, 0.25) is 0 Å². The van der Waals surface area contributed by atoms with E-state index in [4.69, 9.17) is 15.2 Å². The lowest BCUT2D eigenvalue weighted by Gasteiger charge is -2.32. The Hall–Kier alpha value is -0.850. The summed E-state index contributed by atoms with van der Waals surface area (Å²) in [6, 6.07) is 0.806. The van der Waals surface area contributed by atoms with Gasteiger partial charge in [-0.05, 0) is 25.7 Å². The third-order valence-electron chi connectivity index (χ3n) is 4.23. The predicted molar refractivity (Wildman–Crippen MR) is 77.8 cm³/mol. The fourth-order valence-corrected chi connectivity index (χ4v) is 2.90. The van der Waals surface area contributed by atoms with Gasteiger partial charge in [0, 0.05) is 32.3 Å². The standard InChI is InChI=1S/C14H26N4O2/c15-14(16-8-12-2-1-6-19-12)17-9-13-10-18(5-7-20-13)11-3-4-11/h11-13H,1-10H2,(H3,15,16,17). The molecule has 0 radical (unpaired) electrons. The van der Waals surface area contributed by atoms with Crippen LogP contribution in [0.25, 0.3) is 0 Å². The molecule has 1 saturated carbocycles. The molecule has 20 heavy (non-hydrogen) atoms. The Bertz CT molecular complexity index is 340. The molecule has 3 N–H and O–H groups in total. The van der Waals surface area contributed by atoms with E-state index in [1.165, 1.54) is 12.8 Å². The summed E-state index contributed by atoms with van der Waals surface area (Å²) in [7, 11) is 0. The topological polar surface area (TPSA) is 72.1 Å². The van der Waals surface area contributed by atoms with Crippen LogP contribution in [0.5, 0.6) is 0 Å². The van der Waals surface area contributed by atoms with Gasteiger partial charge in [0.05, 0.1) is 25.4 Å². The van der Waals surface area contributed by atoms with Gasteiger partial charge in [-0.2, -0.15) is 0 Å². The van der Waals surface area contributed by atoms with Crippen molar-refractivity contribution in [2.75, 3.05) is 39.4 Å². The number of nitrogens with one attached hydrogen (secondary N) is 1. The number of morpholine rings is 1. The van der Waals surface area contributed by atoms with Crippen LogP contribution < -0.4 is 11.1 Å². The lowest BCUT2D eigenvalue weighted by Crippen LogP contribution is -2.45. The second-order valence-electron chi connectivity index (χ2n) is 5.96. The molecule has 2 saturated heterocycles. The van der Waals surface area contributed by atoms with E-state index in [9.17, 15) is 0 Å². The SMILES string of the molecule is NC(=NCC1CN(C2CC2)CCO1)NCC1CCCO1. The summed E-state index contributed by atoms with van der Waals surface area (Å²) >= 11 is 0. The molecule has 0 spiro atoms. The molecule has 2 atom stereocenters. The Labute approximate surface area is 120 Å². The van der Waals surface area contributed by atoms with Crippen molar-refractivity contribution in [3.8, 4) is 0 Å². The fourth-order valence-electron chi connectivity index (χ4n) is 2.90. The maximum atomic E-state index is 5.89. The average molecular weight is 282 g/mol. The van der Waals surface area contributed by atoms with Crippen LogP contribution in [0.3, 0.4) is 0 Å². The maximum absolute atomic E-state index is 5.89. The van der Waals surface area contributed by atoms with Crippen LogP contribution in [0.1, 0.15) is 25.7 Å². The molecule has 1 aliphatic carbocycles. The van der Waals surface area contributed by atoms with Crippen LogP contribution >= 0.6 is 0 Å². The summed E-state index contributed by atoms with van der Waals surface area (Å²) in [6.07, 6.45) is 5.44. The summed E-state index contributed by atoms with van der Waals surface area (Å²) in [5.41, 5.74) is 5.89. The van der Waals surface area contributed by atoms with E-state index in [-0.39, 0.29) is 6.10 Å². The van der Waals surface area contributed by atoms with E-state index in [2.05, 4.69) is 15.2 Å². The van der Waals surface area contributed by atoms with E-state index >= 15 is 0 Å². The number of hydrogen-bond donors (Lipinski definition) is 2. The van der Waals surface area contributed by atoms with Crippen LogP contribution in [-0.2, 0) is 9.47 Å². The number of nitrogens with zero attached hydrogens (tertiary/aromatic N) is 2. The molecule has 0 bridgehead atoms. The fraction of sp³-hybridized carbons (Fsp3) is 0.929. The van der Waals surface area contributed by atoms with E-state index in [1.54, 1.807) is 0 Å². The van der Waals surface area contributed by atoms with Crippen molar-refractivity contribution in [2.45, 2.75) is 43.9 Å². The molecule has 2 unspecified atom stereocenters. The van der Waals surface area contributed by atoms with Crippen molar-refractivity contribution >= 4 is 5.96 Å². The zero-order valence-electron chi connectivity index (χ0n) is 12.1. The summed E-state index contributed by atoms with van der Waals surface area (Å²) in [4.78, 5) is 6.93. The molecule has 0 amide bonds. The second kappa shape index (κ2) is 6.74. The summed E-state index contributed by atoms with van der Waals surface area (Å²) < 4.78 is 11.3. The molecule has 3 aliphatic rings. The molecular weight excluding hydrogens is 256 g/mol. The first-order chi connectivity index (χ1) is 9.81. The van der Waals surface area contributed by atoms with Crippen LogP contribution in [0.15, 0.2) is 4.99 Å². The summed E-state index contributed by atoms with van der Waals surface area (Å²) in [5, 5.41) is 3.14. The highest BCUT2D eigenvalue weighted by Gasteiger charge is 2.32. The van der Waals surface area contributed by atoms with Gasteiger partial charge in [-0.15, -0.1) is 0 Å². The van der Waals surface area contributed by atoms with Crippen molar-refractivity contribution in [3.05, 3.63) is 0 Å². The van der Waals surface area contributed by atoms with Crippen molar-refractivity contribution in [1.29, 1.82) is 0 Å². The monoisotopic (exact) mass is 282 g/mol. The zero-order valence-corrected chi connectivity index (χ0v) is 12.1. The Morgan fingerprint density at radius 3 is 2.80 bits per heavy atom. The molecule has 6 heteroatoms. The Morgan fingerprint density at radius 1 is 1.20 bits per heavy atom. The molecule has 0 aromatic rings. The van der Waals surface area contributed by atoms with Crippen molar-refractivity contribution < 1.29 is 9.47 Å². The number of aliphatic imine (C=N–C) groups is 1. The Kier molecular flexibility index (Phi) is 4.75. The number of guanidine groups is 1. The molecule has 2 aliphatic heterocycles. The van der Waals surface area contributed by atoms with Gasteiger partial charge in [-0.3, -0.25) is 9.89 Å². The largest absolute Gasteiger partial charge is 0.376 e. The molecule has 0 aromatic carbocycles. The molecule has 2 heterocycles. The number of ether oxygens (including phenoxy) is 2. The quantitative estimate of drug-likeness (QED) is 0.546. The van der Waals surface area contributed by atoms with Crippen LogP contribution in [0, 0.1) is 0 Å². The first kappa shape index (κ1) is 14.1. The second-order valence-corrected chi connectivity index (χ2v) is 5.96. The highest BCUT2D eigenvalue weighted by Crippen LogP contribution is 2.28. The third-order valence-corrected chi connectivity index (χ3v) is 4.23. The van der Waals surface area contributed by atoms with Gasteiger partial charge in [0.2, 0.25) is 0 Å². The minimum atomic E-state index is 0.187. The summed E-state index contributed by atoms with van der Waals surface area (Å²) in [6.45, 7) is 5.16. The van der Waals surface area contributed by atoms with E-state index in [0.29, 0.717) is 18.6 Å². The minimum absolute atomic E-state index is 0.187. The van der Waals surface area contributed by atoms with E-state index in [1.807, 2.05) is 0 Å². The number of nitrogens with two attached hydrogens (primary N) is 1. The van der Waals surface area contributed by atoms with Crippen molar-refractivity contribution in [3.63, 3.8) is 0 Å². The predicted octanol–water partition coefficient (Wildman–Crippen LogP) is -0.0671.